The lowest BCUT2D eigenvalue weighted by Crippen LogP contribution is -2.19. The van der Waals surface area contributed by atoms with Crippen molar-refractivity contribution in [2.45, 2.75) is 51.6 Å². The first-order chi connectivity index (χ1) is 8.67. The van der Waals surface area contributed by atoms with E-state index in [1.807, 2.05) is 18.0 Å². The quantitative estimate of drug-likeness (QED) is 0.711. The molecule has 0 aromatic carbocycles. The van der Waals surface area contributed by atoms with Crippen molar-refractivity contribution in [2.24, 2.45) is 5.92 Å². The highest BCUT2D eigenvalue weighted by Gasteiger charge is 2.06. The lowest BCUT2D eigenvalue weighted by Gasteiger charge is -2.13. The normalized spacial score (nSPS) is 14.4. The largest absolute Gasteiger partial charge is 0.310 e. The van der Waals surface area contributed by atoms with E-state index >= 15 is 0 Å². The van der Waals surface area contributed by atoms with Crippen molar-refractivity contribution < 1.29 is 0 Å². The van der Waals surface area contributed by atoms with Crippen LogP contribution in [0.25, 0.3) is 0 Å². The number of pyridine rings is 1. The van der Waals surface area contributed by atoms with Crippen molar-refractivity contribution >= 4 is 11.8 Å². The van der Waals surface area contributed by atoms with E-state index in [1.165, 1.54) is 18.4 Å². The fraction of sp³-hybridized carbons (Fsp3) is 0.667. The van der Waals surface area contributed by atoms with E-state index in [0.717, 1.165) is 23.2 Å². The van der Waals surface area contributed by atoms with Crippen LogP contribution in [0.5, 0.6) is 0 Å². The summed E-state index contributed by atoms with van der Waals surface area (Å²) < 4.78 is 0. The van der Waals surface area contributed by atoms with Gasteiger partial charge in [0.15, 0.2) is 0 Å². The van der Waals surface area contributed by atoms with Gasteiger partial charge < -0.3 is 5.32 Å². The molecule has 18 heavy (non-hydrogen) atoms. The van der Waals surface area contributed by atoms with Gasteiger partial charge in [-0.2, -0.15) is 0 Å². The molecule has 1 heterocycles. The summed E-state index contributed by atoms with van der Waals surface area (Å²) in [5, 5.41) is 4.62. The minimum Gasteiger partial charge on any atom is -0.310 e. The standard InChI is InChI=1S/C15H26N2S/c1-5-9-16-13(4)14-7-8-15(17-10-14)18-11-12(3)6-2/h7-8,10,12-13,16H,5-6,9,11H2,1-4H3. The highest BCUT2D eigenvalue weighted by Crippen LogP contribution is 2.21. The van der Waals surface area contributed by atoms with Crippen LogP contribution >= 0.6 is 11.8 Å². The molecule has 1 aromatic rings. The maximum absolute atomic E-state index is 4.54. The summed E-state index contributed by atoms with van der Waals surface area (Å²) in [5.41, 5.74) is 1.27. The van der Waals surface area contributed by atoms with Crippen LogP contribution in [-0.4, -0.2) is 17.3 Å². The summed E-state index contributed by atoms with van der Waals surface area (Å²) in [6.45, 7) is 9.97. The van der Waals surface area contributed by atoms with Gasteiger partial charge in [-0.3, -0.25) is 0 Å². The first-order valence-electron chi connectivity index (χ1n) is 6.99. The van der Waals surface area contributed by atoms with Gasteiger partial charge in [-0.05, 0) is 37.4 Å². The average Bonchev–Trinajstić information content (AvgIpc) is 2.42. The Labute approximate surface area is 116 Å². The van der Waals surface area contributed by atoms with Crippen LogP contribution in [0.2, 0.25) is 0 Å². The molecule has 0 saturated carbocycles. The summed E-state index contributed by atoms with van der Waals surface area (Å²) in [5.74, 6) is 1.92. The van der Waals surface area contributed by atoms with Crippen molar-refractivity contribution in [1.82, 2.24) is 10.3 Å². The monoisotopic (exact) mass is 266 g/mol. The lowest BCUT2D eigenvalue weighted by molar-refractivity contribution is 0.568. The van der Waals surface area contributed by atoms with Crippen LogP contribution in [0.3, 0.4) is 0 Å². The van der Waals surface area contributed by atoms with Gasteiger partial charge in [0, 0.05) is 18.0 Å². The van der Waals surface area contributed by atoms with E-state index in [4.69, 9.17) is 0 Å². The molecule has 0 fully saturated rings. The van der Waals surface area contributed by atoms with Crippen LogP contribution in [0.1, 0.15) is 52.1 Å². The first kappa shape index (κ1) is 15.5. The summed E-state index contributed by atoms with van der Waals surface area (Å²) >= 11 is 1.86. The van der Waals surface area contributed by atoms with Crippen LogP contribution in [0.15, 0.2) is 23.4 Å². The topological polar surface area (TPSA) is 24.9 Å². The molecule has 0 aliphatic rings. The molecular weight excluding hydrogens is 240 g/mol. The molecule has 2 unspecified atom stereocenters. The number of thioether (sulfide) groups is 1. The van der Waals surface area contributed by atoms with Crippen molar-refractivity contribution in [1.29, 1.82) is 0 Å². The predicted molar refractivity (Wildman–Crippen MR) is 81.1 cm³/mol. The molecule has 0 aliphatic heterocycles. The van der Waals surface area contributed by atoms with Gasteiger partial charge in [0.1, 0.15) is 0 Å². The smallest absolute Gasteiger partial charge is 0.0960 e. The molecule has 3 heteroatoms. The summed E-state index contributed by atoms with van der Waals surface area (Å²) in [7, 11) is 0. The number of aromatic nitrogens is 1. The Morgan fingerprint density at radius 3 is 2.61 bits per heavy atom. The second kappa shape index (κ2) is 8.54. The van der Waals surface area contributed by atoms with Gasteiger partial charge in [0.25, 0.3) is 0 Å². The van der Waals surface area contributed by atoms with Crippen molar-refractivity contribution in [2.75, 3.05) is 12.3 Å². The summed E-state index contributed by atoms with van der Waals surface area (Å²) in [6, 6.07) is 4.73. The Bertz CT molecular complexity index is 324. The van der Waals surface area contributed by atoms with E-state index in [-0.39, 0.29) is 0 Å². The van der Waals surface area contributed by atoms with Gasteiger partial charge in [0.2, 0.25) is 0 Å². The number of rotatable bonds is 8. The van der Waals surface area contributed by atoms with E-state index in [0.29, 0.717) is 6.04 Å². The highest BCUT2D eigenvalue weighted by atomic mass is 32.2. The van der Waals surface area contributed by atoms with Gasteiger partial charge in [-0.25, -0.2) is 4.98 Å². The molecule has 1 rings (SSSR count). The van der Waals surface area contributed by atoms with Gasteiger partial charge in [-0.15, -0.1) is 11.8 Å². The highest BCUT2D eigenvalue weighted by molar-refractivity contribution is 7.99. The van der Waals surface area contributed by atoms with Crippen LogP contribution in [0, 0.1) is 5.92 Å². The molecule has 2 nitrogen and oxygen atoms in total. The number of nitrogens with one attached hydrogen (secondary N) is 1. The Morgan fingerprint density at radius 2 is 2.06 bits per heavy atom. The SMILES string of the molecule is CCCNC(C)c1ccc(SCC(C)CC)nc1. The predicted octanol–water partition coefficient (Wildman–Crippen LogP) is 4.28. The second-order valence-corrected chi connectivity index (χ2v) is 5.97. The number of hydrogen-bond acceptors (Lipinski definition) is 3. The van der Waals surface area contributed by atoms with Crippen LogP contribution < -0.4 is 5.32 Å². The molecule has 1 N–H and O–H groups in total. The van der Waals surface area contributed by atoms with Crippen LogP contribution in [-0.2, 0) is 0 Å². The van der Waals surface area contributed by atoms with Gasteiger partial charge in [-0.1, -0.05) is 33.3 Å². The van der Waals surface area contributed by atoms with E-state index in [2.05, 4.69) is 50.1 Å². The third-order valence-electron chi connectivity index (χ3n) is 3.17. The molecule has 0 radical (unpaired) electrons. The Hall–Kier alpha value is -0.540. The maximum Gasteiger partial charge on any atom is 0.0960 e. The third-order valence-corrected chi connectivity index (χ3v) is 4.45. The zero-order chi connectivity index (χ0) is 13.4. The molecule has 0 amide bonds. The fourth-order valence-electron chi connectivity index (χ4n) is 1.56. The minimum atomic E-state index is 0.395. The average molecular weight is 266 g/mol. The molecular formula is C15H26N2S. The van der Waals surface area contributed by atoms with Crippen molar-refractivity contribution in [3.8, 4) is 0 Å². The number of hydrogen-bond donors (Lipinski definition) is 1. The maximum atomic E-state index is 4.54. The molecule has 0 spiro atoms. The second-order valence-electron chi connectivity index (χ2n) is 4.93. The van der Waals surface area contributed by atoms with Crippen LogP contribution in [0.4, 0.5) is 0 Å². The van der Waals surface area contributed by atoms with E-state index in [1.54, 1.807) is 0 Å². The Morgan fingerprint density at radius 1 is 1.28 bits per heavy atom. The van der Waals surface area contributed by atoms with E-state index in [9.17, 15) is 0 Å². The Balaban J connectivity index is 2.46. The first-order valence-corrected chi connectivity index (χ1v) is 7.98. The number of nitrogens with zero attached hydrogens (tertiary/aromatic N) is 1. The zero-order valence-corrected chi connectivity index (χ0v) is 12.9. The molecule has 0 bridgehead atoms. The third kappa shape index (κ3) is 5.40. The van der Waals surface area contributed by atoms with Gasteiger partial charge >= 0.3 is 0 Å². The summed E-state index contributed by atoms with van der Waals surface area (Å²) in [4.78, 5) is 4.54. The fourth-order valence-corrected chi connectivity index (χ4v) is 2.54. The summed E-state index contributed by atoms with van der Waals surface area (Å²) in [6.07, 6.45) is 4.41. The van der Waals surface area contributed by atoms with E-state index < -0.39 is 0 Å². The molecule has 102 valence electrons. The zero-order valence-electron chi connectivity index (χ0n) is 12.1. The van der Waals surface area contributed by atoms with Gasteiger partial charge in [0.05, 0.1) is 5.03 Å². The molecule has 1 aromatic heterocycles. The molecule has 0 saturated heterocycles. The lowest BCUT2D eigenvalue weighted by atomic mass is 10.1. The molecule has 2 atom stereocenters. The minimum absolute atomic E-state index is 0.395. The Kier molecular flexibility index (Phi) is 7.36. The molecule has 0 aliphatic carbocycles. The van der Waals surface area contributed by atoms with Crippen molar-refractivity contribution in [3.63, 3.8) is 0 Å². The van der Waals surface area contributed by atoms with Crippen molar-refractivity contribution in [3.05, 3.63) is 23.9 Å².